The van der Waals surface area contributed by atoms with Crippen molar-refractivity contribution in [3.05, 3.63) is 22.7 Å². The maximum atomic E-state index is 7.07. The molecule has 0 aliphatic heterocycles. The normalized spacial score (nSPS) is 22.3. The first-order valence-electron chi connectivity index (χ1n) is 5.16. The van der Waals surface area contributed by atoms with Gasteiger partial charge in [-0.15, -0.1) is 0 Å². The molecular weight excluding hydrogens is 136 g/mol. The standard InChI is InChI=1S/C6H7ClN2/c1-4-3-6(7)9-5(2)8-4/h3H,1-2H3/i1D3,2D3. The second-order valence-electron chi connectivity index (χ2n) is 1.40. The van der Waals surface area contributed by atoms with Crippen LogP contribution in [-0.2, 0) is 0 Å². The molecule has 0 N–H and O–H groups in total. The molecule has 0 spiro atoms. The minimum absolute atomic E-state index is 0.192. The highest BCUT2D eigenvalue weighted by Crippen LogP contribution is 2.04. The van der Waals surface area contributed by atoms with Crippen molar-refractivity contribution in [2.75, 3.05) is 0 Å². The highest BCUT2D eigenvalue weighted by molar-refractivity contribution is 6.29. The zero-order valence-corrected chi connectivity index (χ0v) is 5.11. The minimum Gasteiger partial charge on any atom is -0.238 e. The molecule has 0 amide bonds. The molecule has 0 radical (unpaired) electrons. The molecular formula is C6H7ClN2. The van der Waals surface area contributed by atoms with Crippen molar-refractivity contribution in [3.63, 3.8) is 0 Å². The van der Waals surface area contributed by atoms with Crippen molar-refractivity contribution < 1.29 is 8.22 Å². The average molecular weight is 149 g/mol. The van der Waals surface area contributed by atoms with Gasteiger partial charge in [0.05, 0.1) is 0 Å². The van der Waals surface area contributed by atoms with E-state index in [1.165, 1.54) is 0 Å². The van der Waals surface area contributed by atoms with Crippen LogP contribution < -0.4 is 0 Å². The van der Waals surface area contributed by atoms with Gasteiger partial charge in [-0.05, 0) is 19.8 Å². The van der Waals surface area contributed by atoms with E-state index >= 15 is 0 Å². The fourth-order valence-electron chi connectivity index (χ4n) is 0.418. The molecule has 0 aromatic carbocycles. The van der Waals surface area contributed by atoms with Gasteiger partial charge in [0.2, 0.25) is 0 Å². The summed E-state index contributed by atoms with van der Waals surface area (Å²) in [5.74, 6) is -0.555. The van der Waals surface area contributed by atoms with Crippen molar-refractivity contribution in [2.24, 2.45) is 0 Å². The van der Waals surface area contributed by atoms with Crippen molar-refractivity contribution >= 4 is 11.6 Å². The number of aromatic nitrogens is 2. The van der Waals surface area contributed by atoms with E-state index in [0.717, 1.165) is 6.07 Å². The van der Waals surface area contributed by atoms with E-state index in [9.17, 15) is 0 Å². The Kier molecular flexibility index (Phi) is 0.566. The smallest absolute Gasteiger partial charge is 0.133 e. The van der Waals surface area contributed by atoms with Crippen LogP contribution in [0.2, 0.25) is 5.15 Å². The zero-order chi connectivity index (χ0) is 11.9. The summed E-state index contributed by atoms with van der Waals surface area (Å²) in [5, 5.41) is -0.192. The molecule has 0 saturated heterocycles. The van der Waals surface area contributed by atoms with Crippen molar-refractivity contribution in [1.29, 1.82) is 0 Å². The Hall–Kier alpha value is -0.630. The van der Waals surface area contributed by atoms with E-state index in [2.05, 4.69) is 9.97 Å². The fourth-order valence-corrected chi connectivity index (χ4v) is 0.601. The van der Waals surface area contributed by atoms with E-state index in [4.69, 9.17) is 19.8 Å². The zero-order valence-electron chi connectivity index (χ0n) is 10.3. The predicted molar refractivity (Wildman–Crippen MR) is 36.5 cm³/mol. The third-order valence-electron chi connectivity index (χ3n) is 0.695. The maximum Gasteiger partial charge on any atom is 0.133 e. The van der Waals surface area contributed by atoms with Gasteiger partial charge in [-0.3, -0.25) is 0 Å². The van der Waals surface area contributed by atoms with Crippen molar-refractivity contribution in [1.82, 2.24) is 9.97 Å². The molecule has 0 unspecified atom stereocenters. The molecule has 1 heterocycles. The molecule has 0 aliphatic carbocycles. The Labute approximate surface area is 67.3 Å². The Morgan fingerprint density at radius 2 is 2.44 bits per heavy atom. The summed E-state index contributed by atoms with van der Waals surface area (Å²) >= 11 is 5.51. The topological polar surface area (TPSA) is 25.8 Å². The predicted octanol–water partition coefficient (Wildman–Crippen LogP) is 1.75. The van der Waals surface area contributed by atoms with Gasteiger partial charge in [0.15, 0.2) is 0 Å². The van der Waals surface area contributed by atoms with Crippen LogP contribution in [0.1, 0.15) is 19.7 Å². The lowest BCUT2D eigenvalue weighted by molar-refractivity contribution is 1.01. The van der Waals surface area contributed by atoms with Crippen LogP contribution >= 0.6 is 11.6 Å². The summed E-state index contributed by atoms with van der Waals surface area (Å²) in [6.07, 6.45) is 0. The Bertz CT molecular complexity index is 339. The largest absolute Gasteiger partial charge is 0.238 e. The van der Waals surface area contributed by atoms with Gasteiger partial charge in [-0.2, -0.15) is 0 Å². The average Bonchev–Trinajstić information content (AvgIpc) is 1.99. The van der Waals surface area contributed by atoms with Crippen LogP contribution in [-0.4, -0.2) is 9.97 Å². The summed E-state index contributed by atoms with van der Waals surface area (Å²) in [7, 11) is 0. The Balaban J connectivity index is 3.30. The van der Waals surface area contributed by atoms with E-state index in [1.807, 2.05) is 0 Å². The molecule has 0 saturated carbocycles. The highest BCUT2D eigenvalue weighted by atomic mass is 35.5. The number of nitrogens with zero attached hydrogens (tertiary/aromatic N) is 2. The lowest BCUT2D eigenvalue weighted by atomic mass is 10.4. The summed E-state index contributed by atoms with van der Waals surface area (Å²) in [5.41, 5.74) is -0.367. The number of aryl methyl sites for hydroxylation is 2. The van der Waals surface area contributed by atoms with Crippen LogP contribution in [0.4, 0.5) is 0 Å². The molecule has 0 atom stereocenters. The first-order valence-corrected chi connectivity index (χ1v) is 2.54. The second-order valence-corrected chi connectivity index (χ2v) is 1.79. The van der Waals surface area contributed by atoms with Gasteiger partial charge < -0.3 is 0 Å². The molecule has 1 rings (SSSR count). The van der Waals surface area contributed by atoms with E-state index in [0.29, 0.717) is 0 Å². The van der Waals surface area contributed by atoms with Gasteiger partial charge in [-0.1, -0.05) is 11.6 Å². The highest BCUT2D eigenvalue weighted by Gasteiger charge is 1.92. The third kappa shape index (κ3) is 1.64. The van der Waals surface area contributed by atoms with Gasteiger partial charge in [0.1, 0.15) is 11.0 Å². The van der Waals surface area contributed by atoms with Crippen molar-refractivity contribution in [3.8, 4) is 0 Å². The molecule has 2 nitrogen and oxygen atoms in total. The maximum absolute atomic E-state index is 7.07. The molecule has 0 bridgehead atoms. The summed E-state index contributed by atoms with van der Waals surface area (Å²) in [6.45, 7) is -5.06. The molecule has 48 valence electrons. The van der Waals surface area contributed by atoms with E-state index < -0.39 is 19.5 Å². The number of hydrogen-bond acceptors (Lipinski definition) is 2. The second kappa shape index (κ2) is 2.31. The summed E-state index contributed by atoms with van der Waals surface area (Å²) < 4.78 is 42.3. The third-order valence-corrected chi connectivity index (χ3v) is 0.889. The minimum atomic E-state index is -2.56. The van der Waals surface area contributed by atoms with Gasteiger partial charge >= 0.3 is 0 Å². The number of rotatable bonds is 0. The fraction of sp³-hybridized carbons (Fsp3) is 0.333. The Morgan fingerprint density at radius 1 is 1.56 bits per heavy atom. The van der Waals surface area contributed by atoms with E-state index in [-0.39, 0.29) is 10.8 Å². The molecule has 9 heavy (non-hydrogen) atoms. The van der Waals surface area contributed by atoms with Crippen LogP contribution in [0.3, 0.4) is 0 Å². The van der Waals surface area contributed by atoms with Crippen LogP contribution in [0.25, 0.3) is 0 Å². The van der Waals surface area contributed by atoms with Gasteiger partial charge in [0.25, 0.3) is 0 Å². The van der Waals surface area contributed by atoms with Crippen LogP contribution in [0.15, 0.2) is 6.07 Å². The number of hydrogen-bond donors (Lipinski definition) is 0. The molecule has 1 aromatic rings. The summed E-state index contributed by atoms with van der Waals surface area (Å²) in [4.78, 5) is 6.92. The van der Waals surface area contributed by atoms with Crippen LogP contribution in [0, 0.1) is 13.7 Å². The lowest BCUT2D eigenvalue weighted by Crippen LogP contribution is -1.89. The molecule has 3 heteroatoms. The lowest BCUT2D eigenvalue weighted by Gasteiger charge is -1.93. The summed E-state index contributed by atoms with van der Waals surface area (Å²) in [6, 6.07) is 1.03. The van der Waals surface area contributed by atoms with Gasteiger partial charge in [0, 0.05) is 13.9 Å². The molecule has 0 aliphatic rings. The van der Waals surface area contributed by atoms with Crippen LogP contribution in [0.5, 0.6) is 0 Å². The molecule has 1 aromatic heterocycles. The molecule has 0 fully saturated rings. The SMILES string of the molecule is [2H]C([2H])([2H])c1cc(Cl)nc(C([2H])([2H])[2H])n1. The van der Waals surface area contributed by atoms with Crippen molar-refractivity contribution in [2.45, 2.75) is 13.7 Å². The Morgan fingerprint density at radius 3 is 3.11 bits per heavy atom. The van der Waals surface area contributed by atoms with E-state index in [1.54, 1.807) is 0 Å². The van der Waals surface area contributed by atoms with Gasteiger partial charge in [-0.25, -0.2) is 9.97 Å². The first-order chi connectivity index (χ1) is 6.60. The quantitative estimate of drug-likeness (QED) is 0.524. The number of halogens is 1. The monoisotopic (exact) mass is 148 g/mol. The first kappa shape index (κ1) is 2.20.